The molecule has 0 amide bonds. The lowest BCUT2D eigenvalue weighted by atomic mass is 9.72. The monoisotopic (exact) mass is 275 g/mol. The molecule has 0 aromatic carbocycles. The first-order valence-electron chi connectivity index (χ1n) is 7.71. The lowest BCUT2D eigenvalue weighted by Gasteiger charge is -2.30. The van der Waals surface area contributed by atoms with E-state index in [1.54, 1.807) is 6.21 Å². The molecule has 0 aromatic rings. The fraction of sp³-hybridized carbons (Fsp3) is 0.706. The van der Waals surface area contributed by atoms with E-state index >= 15 is 0 Å². The van der Waals surface area contributed by atoms with E-state index in [4.69, 9.17) is 0 Å². The number of nitrogens with zero attached hydrogens (tertiary/aromatic N) is 1. The maximum Gasteiger partial charge on any atom is 0.149 e. The second kappa shape index (κ2) is 6.47. The Morgan fingerprint density at radius 1 is 1.25 bits per heavy atom. The normalized spacial score (nSPS) is 24.2. The fourth-order valence-corrected chi connectivity index (χ4v) is 3.09. The first kappa shape index (κ1) is 15.1. The summed E-state index contributed by atoms with van der Waals surface area (Å²) >= 11 is 0. The molecule has 0 unspecified atom stereocenters. The zero-order chi connectivity index (χ0) is 14.6. The van der Waals surface area contributed by atoms with Gasteiger partial charge in [-0.25, -0.2) is 0 Å². The second-order valence-corrected chi connectivity index (χ2v) is 6.84. The molecule has 2 aliphatic carbocycles. The van der Waals surface area contributed by atoms with Gasteiger partial charge in [-0.2, -0.15) is 0 Å². The number of rotatable bonds is 4. The molecule has 2 aliphatic rings. The van der Waals surface area contributed by atoms with Crippen LogP contribution < -0.4 is 0 Å². The maximum atomic E-state index is 12.0. The van der Waals surface area contributed by atoms with Crippen LogP contribution in [0.4, 0.5) is 0 Å². The molecule has 2 rings (SSSR count). The number of carbonyl (C=O) groups is 2. The van der Waals surface area contributed by atoms with Crippen molar-refractivity contribution in [2.24, 2.45) is 16.3 Å². The Morgan fingerprint density at radius 2 is 1.95 bits per heavy atom. The van der Waals surface area contributed by atoms with E-state index in [2.05, 4.69) is 11.1 Å². The van der Waals surface area contributed by atoms with E-state index in [1.807, 2.05) is 13.8 Å². The molecule has 0 atom stereocenters. The van der Waals surface area contributed by atoms with E-state index < -0.39 is 5.92 Å². The Hall–Kier alpha value is -1.25. The van der Waals surface area contributed by atoms with Crippen LogP contribution in [0.3, 0.4) is 0 Å². The molecule has 3 nitrogen and oxygen atoms in total. The summed E-state index contributed by atoms with van der Waals surface area (Å²) in [7, 11) is 0. The summed E-state index contributed by atoms with van der Waals surface area (Å²) in [5.74, 6) is -0.512. The average Bonchev–Trinajstić information content (AvgIpc) is 2.37. The standard InChI is InChI=1S/C17H25NO2/c1-17(2)10-15(19)14(16(20)11-17)12-18-9-8-13-6-4-3-5-7-13/h6,12,14H,3-5,7-11H2,1-2H3. The second-order valence-electron chi connectivity index (χ2n) is 6.84. The van der Waals surface area contributed by atoms with E-state index in [0.29, 0.717) is 19.4 Å². The maximum absolute atomic E-state index is 12.0. The van der Waals surface area contributed by atoms with Crippen molar-refractivity contribution < 1.29 is 9.59 Å². The van der Waals surface area contributed by atoms with E-state index in [0.717, 1.165) is 6.42 Å². The lowest BCUT2D eigenvalue weighted by molar-refractivity contribution is -0.136. The number of hydrogen-bond donors (Lipinski definition) is 0. The van der Waals surface area contributed by atoms with Gasteiger partial charge < -0.3 is 0 Å². The average molecular weight is 275 g/mol. The van der Waals surface area contributed by atoms with E-state index in [9.17, 15) is 9.59 Å². The van der Waals surface area contributed by atoms with Crippen molar-refractivity contribution >= 4 is 17.8 Å². The first-order chi connectivity index (χ1) is 9.48. The van der Waals surface area contributed by atoms with E-state index in [1.165, 1.54) is 31.3 Å². The topological polar surface area (TPSA) is 46.5 Å². The third-order valence-electron chi connectivity index (χ3n) is 4.20. The summed E-state index contributed by atoms with van der Waals surface area (Å²) in [5.41, 5.74) is 1.31. The Bertz CT molecular complexity index is 426. The molecule has 0 N–H and O–H groups in total. The zero-order valence-corrected chi connectivity index (χ0v) is 12.7. The Kier molecular flexibility index (Phi) is 4.90. The van der Waals surface area contributed by atoms with Gasteiger partial charge >= 0.3 is 0 Å². The van der Waals surface area contributed by atoms with Crippen LogP contribution in [0.2, 0.25) is 0 Å². The lowest BCUT2D eigenvalue weighted by Crippen LogP contribution is -2.38. The van der Waals surface area contributed by atoms with Crippen LogP contribution in [0.15, 0.2) is 16.6 Å². The third kappa shape index (κ3) is 4.12. The quantitative estimate of drug-likeness (QED) is 0.447. The molecule has 20 heavy (non-hydrogen) atoms. The molecule has 0 bridgehead atoms. The molecule has 0 radical (unpaired) electrons. The minimum Gasteiger partial charge on any atom is -0.298 e. The van der Waals surface area contributed by atoms with Gasteiger partial charge in [0.2, 0.25) is 0 Å². The van der Waals surface area contributed by atoms with Gasteiger partial charge in [0.15, 0.2) is 0 Å². The molecular weight excluding hydrogens is 250 g/mol. The van der Waals surface area contributed by atoms with Gasteiger partial charge in [-0.15, -0.1) is 0 Å². The zero-order valence-electron chi connectivity index (χ0n) is 12.7. The number of hydrogen-bond acceptors (Lipinski definition) is 3. The van der Waals surface area contributed by atoms with Crippen LogP contribution in [0.25, 0.3) is 0 Å². The fourth-order valence-electron chi connectivity index (χ4n) is 3.09. The highest BCUT2D eigenvalue weighted by Gasteiger charge is 2.38. The molecule has 0 aromatic heterocycles. The van der Waals surface area contributed by atoms with Crippen LogP contribution in [-0.4, -0.2) is 24.3 Å². The predicted molar refractivity (Wildman–Crippen MR) is 81.0 cm³/mol. The van der Waals surface area contributed by atoms with Crippen molar-refractivity contribution in [1.82, 2.24) is 0 Å². The van der Waals surface area contributed by atoms with Crippen molar-refractivity contribution in [3.8, 4) is 0 Å². The van der Waals surface area contributed by atoms with Crippen LogP contribution in [0.1, 0.15) is 58.8 Å². The van der Waals surface area contributed by atoms with Gasteiger partial charge in [0.05, 0.1) is 0 Å². The van der Waals surface area contributed by atoms with Crippen LogP contribution >= 0.6 is 0 Å². The molecule has 3 heteroatoms. The largest absolute Gasteiger partial charge is 0.298 e. The summed E-state index contributed by atoms with van der Waals surface area (Å²) in [4.78, 5) is 28.3. The van der Waals surface area contributed by atoms with Gasteiger partial charge in [0.25, 0.3) is 0 Å². The SMILES string of the molecule is CC1(C)CC(=O)C(C=NCCC2=CCCCC2)C(=O)C1. The summed E-state index contributed by atoms with van der Waals surface area (Å²) in [6, 6.07) is 0. The smallest absolute Gasteiger partial charge is 0.149 e. The molecular formula is C17H25NO2. The Balaban J connectivity index is 1.83. The molecule has 110 valence electrons. The number of ketones is 2. The molecule has 1 fully saturated rings. The molecule has 1 saturated carbocycles. The highest BCUT2D eigenvalue weighted by molar-refractivity contribution is 6.16. The highest BCUT2D eigenvalue weighted by atomic mass is 16.2. The van der Waals surface area contributed by atoms with Gasteiger partial charge in [-0.1, -0.05) is 25.5 Å². The minimum absolute atomic E-state index is 0.0341. The summed E-state index contributed by atoms with van der Waals surface area (Å²) in [6.45, 7) is 4.66. The Labute approximate surface area is 121 Å². The van der Waals surface area contributed by atoms with Crippen molar-refractivity contribution in [1.29, 1.82) is 0 Å². The van der Waals surface area contributed by atoms with Crippen molar-refractivity contribution in [2.45, 2.75) is 58.8 Å². The van der Waals surface area contributed by atoms with E-state index in [-0.39, 0.29) is 17.0 Å². The minimum atomic E-state index is -0.580. The summed E-state index contributed by atoms with van der Waals surface area (Å²) < 4.78 is 0. The molecule has 0 saturated heterocycles. The van der Waals surface area contributed by atoms with Gasteiger partial charge in [0.1, 0.15) is 17.5 Å². The first-order valence-corrected chi connectivity index (χ1v) is 7.71. The number of allylic oxidation sites excluding steroid dienone is 1. The van der Waals surface area contributed by atoms with Gasteiger partial charge in [0, 0.05) is 25.6 Å². The van der Waals surface area contributed by atoms with Crippen molar-refractivity contribution in [2.75, 3.05) is 6.54 Å². The molecule has 0 heterocycles. The molecule has 0 spiro atoms. The molecule has 0 aliphatic heterocycles. The number of aliphatic imine (C=N–C) groups is 1. The summed E-state index contributed by atoms with van der Waals surface area (Å²) in [5, 5.41) is 0. The van der Waals surface area contributed by atoms with Crippen molar-refractivity contribution in [3.63, 3.8) is 0 Å². The number of carbonyl (C=O) groups excluding carboxylic acids is 2. The van der Waals surface area contributed by atoms with Gasteiger partial charge in [-0.3, -0.25) is 14.6 Å². The van der Waals surface area contributed by atoms with Crippen LogP contribution in [0, 0.1) is 11.3 Å². The third-order valence-corrected chi connectivity index (χ3v) is 4.20. The van der Waals surface area contributed by atoms with Crippen molar-refractivity contribution in [3.05, 3.63) is 11.6 Å². The van der Waals surface area contributed by atoms with Crippen LogP contribution in [-0.2, 0) is 9.59 Å². The summed E-state index contributed by atoms with van der Waals surface area (Å²) in [6.07, 6.45) is 10.8. The predicted octanol–water partition coefficient (Wildman–Crippen LogP) is 3.52. The Morgan fingerprint density at radius 3 is 2.55 bits per heavy atom. The van der Waals surface area contributed by atoms with Crippen LogP contribution in [0.5, 0.6) is 0 Å². The highest BCUT2D eigenvalue weighted by Crippen LogP contribution is 2.33. The number of Topliss-reactive ketones (excluding diaryl/α,β-unsaturated/α-hetero) is 2. The van der Waals surface area contributed by atoms with Gasteiger partial charge in [-0.05, 0) is 37.5 Å².